The van der Waals surface area contributed by atoms with Crippen LogP contribution in [0.15, 0.2) is 41.1 Å². The molecule has 0 aliphatic rings. The summed E-state index contributed by atoms with van der Waals surface area (Å²) in [6.07, 6.45) is 3.67. The van der Waals surface area contributed by atoms with E-state index in [1.807, 2.05) is 42.1 Å². The van der Waals surface area contributed by atoms with Gasteiger partial charge in [-0.05, 0) is 28.9 Å². The first-order valence-corrected chi connectivity index (χ1v) is 6.51. The molecule has 2 atom stereocenters. The van der Waals surface area contributed by atoms with Crippen molar-refractivity contribution in [3.8, 4) is 5.75 Å². The van der Waals surface area contributed by atoms with Crippen molar-refractivity contribution in [2.75, 3.05) is 7.11 Å². The molecule has 0 saturated carbocycles. The molecule has 5 heteroatoms. The topological polar surface area (TPSA) is 53.1 Å². The smallest absolute Gasteiger partial charge is 0.124 e. The molecule has 0 fully saturated rings. The van der Waals surface area contributed by atoms with Crippen LogP contribution in [0.1, 0.15) is 18.5 Å². The Morgan fingerprint density at radius 1 is 1.39 bits per heavy atom. The summed E-state index contributed by atoms with van der Waals surface area (Å²) in [7, 11) is 1.66. The summed E-state index contributed by atoms with van der Waals surface area (Å²) in [5.41, 5.74) is 7.13. The van der Waals surface area contributed by atoms with E-state index >= 15 is 0 Å². The van der Waals surface area contributed by atoms with Gasteiger partial charge in [0, 0.05) is 17.8 Å². The fourth-order valence-corrected chi connectivity index (χ4v) is 2.35. The Kier molecular flexibility index (Phi) is 4.04. The van der Waals surface area contributed by atoms with Crippen molar-refractivity contribution >= 4 is 15.9 Å². The van der Waals surface area contributed by atoms with Gasteiger partial charge in [-0.1, -0.05) is 18.2 Å². The molecule has 0 bridgehead atoms. The summed E-state index contributed by atoms with van der Waals surface area (Å²) in [5.74, 6) is 0.825. The zero-order valence-electron chi connectivity index (χ0n) is 10.4. The van der Waals surface area contributed by atoms with Crippen molar-refractivity contribution in [1.82, 2.24) is 9.78 Å². The molecule has 18 heavy (non-hydrogen) atoms. The number of para-hydroxylation sites is 1. The minimum absolute atomic E-state index is 0.0487. The van der Waals surface area contributed by atoms with Crippen LogP contribution in [0.3, 0.4) is 0 Å². The highest BCUT2D eigenvalue weighted by Gasteiger charge is 2.22. The van der Waals surface area contributed by atoms with E-state index in [4.69, 9.17) is 10.5 Å². The van der Waals surface area contributed by atoms with Crippen LogP contribution < -0.4 is 10.5 Å². The lowest BCUT2D eigenvalue weighted by molar-refractivity contribution is 0.385. The van der Waals surface area contributed by atoms with Gasteiger partial charge >= 0.3 is 0 Å². The van der Waals surface area contributed by atoms with Gasteiger partial charge in [0.2, 0.25) is 0 Å². The van der Waals surface area contributed by atoms with Gasteiger partial charge in [0.05, 0.1) is 23.8 Å². The van der Waals surface area contributed by atoms with Crippen LogP contribution >= 0.6 is 15.9 Å². The van der Waals surface area contributed by atoms with Gasteiger partial charge in [-0.2, -0.15) is 5.10 Å². The summed E-state index contributed by atoms with van der Waals surface area (Å²) in [6, 6.07) is 7.75. The highest BCUT2D eigenvalue weighted by molar-refractivity contribution is 9.10. The number of benzene rings is 1. The van der Waals surface area contributed by atoms with E-state index in [1.54, 1.807) is 13.3 Å². The molecule has 2 N–H and O–H groups in total. The van der Waals surface area contributed by atoms with Gasteiger partial charge < -0.3 is 10.5 Å². The molecule has 2 aromatic rings. The van der Waals surface area contributed by atoms with E-state index in [-0.39, 0.29) is 12.1 Å². The van der Waals surface area contributed by atoms with E-state index < -0.39 is 0 Å². The Morgan fingerprint density at radius 2 is 2.11 bits per heavy atom. The molecule has 0 amide bonds. The second-order valence-corrected chi connectivity index (χ2v) is 5.10. The van der Waals surface area contributed by atoms with Crippen LogP contribution in [0, 0.1) is 0 Å². The van der Waals surface area contributed by atoms with Gasteiger partial charge in [-0.15, -0.1) is 0 Å². The van der Waals surface area contributed by atoms with E-state index in [2.05, 4.69) is 21.0 Å². The molecule has 1 aromatic carbocycles. The molecule has 0 radical (unpaired) electrons. The second kappa shape index (κ2) is 5.54. The summed E-state index contributed by atoms with van der Waals surface area (Å²) < 4.78 is 8.18. The monoisotopic (exact) mass is 309 g/mol. The van der Waals surface area contributed by atoms with Crippen LogP contribution in [0.25, 0.3) is 0 Å². The number of aromatic nitrogens is 2. The molecule has 96 valence electrons. The quantitative estimate of drug-likeness (QED) is 0.944. The zero-order chi connectivity index (χ0) is 13.1. The Morgan fingerprint density at radius 3 is 2.67 bits per heavy atom. The van der Waals surface area contributed by atoms with Crippen LogP contribution in [0.2, 0.25) is 0 Å². The number of rotatable bonds is 4. The Bertz CT molecular complexity index is 524. The fourth-order valence-electron chi connectivity index (χ4n) is 2.04. The number of methoxy groups -OCH3 is 1. The average molecular weight is 310 g/mol. The molecular weight excluding hydrogens is 294 g/mol. The van der Waals surface area contributed by atoms with Crippen LogP contribution in [0.4, 0.5) is 0 Å². The van der Waals surface area contributed by atoms with Gasteiger partial charge in [0.1, 0.15) is 5.75 Å². The van der Waals surface area contributed by atoms with Crippen LogP contribution in [-0.2, 0) is 0 Å². The predicted octanol–water partition coefficient (Wildman–Crippen LogP) is 2.59. The second-order valence-electron chi connectivity index (χ2n) is 4.18. The van der Waals surface area contributed by atoms with Gasteiger partial charge in [0.25, 0.3) is 0 Å². The molecule has 4 nitrogen and oxygen atoms in total. The first-order chi connectivity index (χ1) is 8.63. The molecule has 1 aromatic heterocycles. The van der Waals surface area contributed by atoms with Crippen molar-refractivity contribution < 1.29 is 4.74 Å². The Balaban J connectivity index is 2.48. The lowest BCUT2D eigenvalue weighted by Gasteiger charge is -2.23. The number of hydrogen-bond donors (Lipinski definition) is 1. The number of nitrogens with two attached hydrogens (primary N) is 1. The van der Waals surface area contributed by atoms with Crippen molar-refractivity contribution in [1.29, 1.82) is 0 Å². The maximum atomic E-state index is 6.10. The van der Waals surface area contributed by atoms with Gasteiger partial charge in [0.15, 0.2) is 0 Å². The predicted molar refractivity (Wildman–Crippen MR) is 74.7 cm³/mol. The molecule has 2 unspecified atom stereocenters. The average Bonchev–Trinajstić information content (AvgIpc) is 2.76. The fraction of sp³-hybridized carbons (Fsp3) is 0.308. The Hall–Kier alpha value is -1.33. The van der Waals surface area contributed by atoms with E-state index in [1.165, 1.54) is 0 Å². The van der Waals surface area contributed by atoms with E-state index in [9.17, 15) is 0 Å². The Labute approximate surface area is 115 Å². The molecule has 1 heterocycles. The molecule has 0 saturated heterocycles. The number of ether oxygens (including phenoxy) is 1. The summed E-state index contributed by atoms with van der Waals surface area (Å²) in [4.78, 5) is 0. The van der Waals surface area contributed by atoms with Crippen LogP contribution in [-0.4, -0.2) is 22.9 Å². The molecule has 0 aliphatic carbocycles. The number of halogens is 1. The SMILES string of the molecule is COc1ccccc1C(C(C)N)n1cc(Br)cn1. The molecule has 0 spiro atoms. The highest BCUT2D eigenvalue weighted by atomic mass is 79.9. The summed E-state index contributed by atoms with van der Waals surface area (Å²) in [6.45, 7) is 1.96. The maximum absolute atomic E-state index is 6.10. The maximum Gasteiger partial charge on any atom is 0.124 e. The van der Waals surface area contributed by atoms with E-state index in [0.29, 0.717) is 0 Å². The minimum atomic E-state index is -0.0758. The third kappa shape index (κ3) is 2.57. The van der Waals surface area contributed by atoms with Crippen molar-refractivity contribution in [3.63, 3.8) is 0 Å². The third-order valence-corrected chi connectivity index (χ3v) is 3.22. The van der Waals surface area contributed by atoms with Gasteiger partial charge in [-0.25, -0.2) is 0 Å². The standard InChI is InChI=1S/C13H16BrN3O/c1-9(15)13(17-8-10(14)7-16-17)11-5-3-4-6-12(11)18-2/h3-9,13H,15H2,1-2H3. The van der Waals surface area contributed by atoms with Crippen LogP contribution in [0.5, 0.6) is 5.75 Å². The third-order valence-electron chi connectivity index (χ3n) is 2.81. The lowest BCUT2D eigenvalue weighted by atomic mass is 10.0. The number of hydrogen-bond acceptors (Lipinski definition) is 3. The first kappa shape index (κ1) is 13.1. The zero-order valence-corrected chi connectivity index (χ0v) is 12.0. The first-order valence-electron chi connectivity index (χ1n) is 5.71. The van der Waals surface area contributed by atoms with Gasteiger partial charge in [-0.3, -0.25) is 4.68 Å². The molecule has 2 rings (SSSR count). The minimum Gasteiger partial charge on any atom is -0.496 e. The molecule has 0 aliphatic heterocycles. The molecular formula is C13H16BrN3O. The normalized spacial score (nSPS) is 14.2. The summed E-state index contributed by atoms with van der Waals surface area (Å²) >= 11 is 3.40. The van der Waals surface area contributed by atoms with Crippen molar-refractivity contribution in [2.45, 2.75) is 19.0 Å². The lowest BCUT2D eigenvalue weighted by Crippen LogP contribution is -2.30. The van der Waals surface area contributed by atoms with Crippen molar-refractivity contribution in [3.05, 3.63) is 46.7 Å². The van der Waals surface area contributed by atoms with E-state index in [0.717, 1.165) is 15.8 Å². The largest absolute Gasteiger partial charge is 0.496 e. The van der Waals surface area contributed by atoms with Crippen molar-refractivity contribution in [2.24, 2.45) is 5.73 Å². The highest BCUT2D eigenvalue weighted by Crippen LogP contribution is 2.29. The number of nitrogens with zero attached hydrogens (tertiary/aromatic N) is 2. The summed E-state index contributed by atoms with van der Waals surface area (Å²) in [5, 5.41) is 4.32.